The van der Waals surface area contributed by atoms with Gasteiger partial charge >= 0.3 is 0 Å². The molecule has 0 aliphatic carbocycles. The summed E-state index contributed by atoms with van der Waals surface area (Å²) >= 11 is 0. The first kappa shape index (κ1) is 11.9. The van der Waals surface area contributed by atoms with Gasteiger partial charge in [0.15, 0.2) is 0 Å². The van der Waals surface area contributed by atoms with Gasteiger partial charge in [0.05, 0.1) is 18.2 Å². The van der Waals surface area contributed by atoms with Gasteiger partial charge in [-0.2, -0.15) is 10.4 Å². The summed E-state index contributed by atoms with van der Waals surface area (Å²) < 4.78 is 1.97. The minimum Gasteiger partial charge on any atom is -0.308 e. The van der Waals surface area contributed by atoms with Crippen molar-refractivity contribution in [3.05, 3.63) is 47.5 Å². The SMILES string of the molecule is N#Cc1cccc(CNC2CCc3ncnn3C2)c1. The molecule has 19 heavy (non-hydrogen) atoms. The highest BCUT2D eigenvalue weighted by molar-refractivity contribution is 5.32. The largest absolute Gasteiger partial charge is 0.308 e. The average Bonchev–Trinajstić information content (AvgIpc) is 2.93. The van der Waals surface area contributed by atoms with Crippen LogP contribution in [0.4, 0.5) is 0 Å². The normalized spacial score (nSPS) is 17.7. The second-order valence-corrected chi connectivity index (χ2v) is 4.79. The van der Waals surface area contributed by atoms with Gasteiger partial charge in [-0.05, 0) is 24.1 Å². The number of nitrogens with zero attached hydrogens (tertiary/aromatic N) is 4. The van der Waals surface area contributed by atoms with Gasteiger partial charge in [-0.3, -0.25) is 0 Å². The highest BCUT2D eigenvalue weighted by Gasteiger charge is 2.18. The number of hydrogen-bond donors (Lipinski definition) is 1. The zero-order valence-electron chi connectivity index (χ0n) is 10.6. The molecule has 0 bridgehead atoms. The number of fused-ring (bicyclic) bond motifs is 1. The van der Waals surface area contributed by atoms with Gasteiger partial charge in [0, 0.05) is 19.0 Å². The first-order valence-corrected chi connectivity index (χ1v) is 6.44. The van der Waals surface area contributed by atoms with E-state index in [0.717, 1.165) is 37.3 Å². The summed E-state index contributed by atoms with van der Waals surface area (Å²) in [5, 5.41) is 16.6. The molecule has 1 atom stereocenters. The molecule has 1 aromatic heterocycles. The van der Waals surface area contributed by atoms with Gasteiger partial charge in [-0.15, -0.1) is 0 Å². The van der Waals surface area contributed by atoms with Crippen molar-refractivity contribution >= 4 is 0 Å². The molecular weight excluding hydrogens is 238 g/mol. The number of rotatable bonds is 3. The van der Waals surface area contributed by atoms with E-state index in [-0.39, 0.29) is 0 Å². The summed E-state index contributed by atoms with van der Waals surface area (Å²) in [5.41, 5.74) is 1.85. The predicted molar refractivity (Wildman–Crippen MR) is 70.1 cm³/mol. The predicted octanol–water partition coefficient (Wildman–Crippen LogP) is 1.25. The van der Waals surface area contributed by atoms with E-state index in [0.29, 0.717) is 11.6 Å². The molecular formula is C14H15N5. The van der Waals surface area contributed by atoms with Crippen molar-refractivity contribution in [3.63, 3.8) is 0 Å². The Hall–Kier alpha value is -2.19. The number of nitriles is 1. The van der Waals surface area contributed by atoms with E-state index in [9.17, 15) is 0 Å². The summed E-state index contributed by atoms with van der Waals surface area (Å²) in [4.78, 5) is 4.22. The molecule has 1 unspecified atom stereocenters. The number of hydrogen-bond acceptors (Lipinski definition) is 4. The van der Waals surface area contributed by atoms with Crippen molar-refractivity contribution < 1.29 is 0 Å². The Morgan fingerprint density at radius 1 is 1.47 bits per heavy atom. The van der Waals surface area contributed by atoms with Crippen molar-refractivity contribution in [1.82, 2.24) is 20.1 Å². The van der Waals surface area contributed by atoms with Crippen LogP contribution in [-0.2, 0) is 19.5 Å². The fraction of sp³-hybridized carbons (Fsp3) is 0.357. The molecule has 0 spiro atoms. The van der Waals surface area contributed by atoms with E-state index < -0.39 is 0 Å². The van der Waals surface area contributed by atoms with Crippen LogP contribution in [0.3, 0.4) is 0 Å². The summed E-state index contributed by atoms with van der Waals surface area (Å²) in [5.74, 6) is 1.07. The molecule has 5 nitrogen and oxygen atoms in total. The summed E-state index contributed by atoms with van der Waals surface area (Å²) in [6.45, 7) is 1.65. The van der Waals surface area contributed by atoms with E-state index in [1.165, 1.54) is 0 Å². The van der Waals surface area contributed by atoms with Crippen LogP contribution in [0.25, 0.3) is 0 Å². The van der Waals surface area contributed by atoms with E-state index in [1.54, 1.807) is 6.33 Å². The van der Waals surface area contributed by atoms with Gasteiger partial charge in [0.1, 0.15) is 12.2 Å². The van der Waals surface area contributed by atoms with E-state index in [1.807, 2.05) is 28.9 Å². The number of nitrogens with one attached hydrogen (secondary N) is 1. The van der Waals surface area contributed by atoms with Gasteiger partial charge in [-0.25, -0.2) is 9.67 Å². The van der Waals surface area contributed by atoms with Crippen molar-refractivity contribution in [2.24, 2.45) is 0 Å². The van der Waals surface area contributed by atoms with Gasteiger partial charge < -0.3 is 5.32 Å². The smallest absolute Gasteiger partial charge is 0.138 e. The number of benzene rings is 1. The van der Waals surface area contributed by atoms with E-state index >= 15 is 0 Å². The zero-order chi connectivity index (χ0) is 13.1. The zero-order valence-corrected chi connectivity index (χ0v) is 10.6. The highest BCUT2D eigenvalue weighted by Crippen LogP contribution is 2.12. The summed E-state index contributed by atoms with van der Waals surface area (Å²) in [6.07, 6.45) is 3.67. The van der Waals surface area contributed by atoms with Crippen molar-refractivity contribution in [2.75, 3.05) is 0 Å². The summed E-state index contributed by atoms with van der Waals surface area (Å²) in [7, 11) is 0. The molecule has 0 saturated heterocycles. The number of aryl methyl sites for hydroxylation is 1. The topological polar surface area (TPSA) is 66.5 Å². The fourth-order valence-corrected chi connectivity index (χ4v) is 2.42. The Balaban J connectivity index is 1.60. The Kier molecular flexibility index (Phi) is 3.25. The highest BCUT2D eigenvalue weighted by atomic mass is 15.3. The third kappa shape index (κ3) is 2.64. The van der Waals surface area contributed by atoms with Crippen LogP contribution in [0.5, 0.6) is 0 Å². The third-order valence-electron chi connectivity index (χ3n) is 3.46. The first-order chi connectivity index (χ1) is 9.35. The van der Waals surface area contributed by atoms with E-state index in [2.05, 4.69) is 21.5 Å². The minimum absolute atomic E-state index is 0.417. The Bertz CT molecular complexity index is 610. The molecule has 0 fully saturated rings. The van der Waals surface area contributed by atoms with Crippen molar-refractivity contribution in [1.29, 1.82) is 5.26 Å². The molecule has 2 heterocycles. The minimum atomic E-state index is 0.417. The van der Waals surface area contributed by atoms with E-state index in [4.69, 9.17) is 5.26 Å². The summed E-state index contributed by atoms with van der Waals surface area (Å²) in [6, 6.07) is 10.3. The maximum Gasteiger partial charge on any atom is 0.138 e. The molecule has 0 saturated carbocycles. The molecule has 1 aliphatic heterocycles. The number of aromatic nitrogens is 3. The van der Waals surface area contributed by atoms with Crippen molar-refractivity contribution in [3.8, 4) is 6.07 Å². The third-order valence-corrected chi connectivity index (χ3v) is 3.46. The van der Waals surface area contributed by atoms with Crippen LogP contribution in [0.15, 0.2) is 30.6 Å². The van der Waals surface area contributed by atoms with Crippen LogP contribution < -0.4 is 5.32 Å². The Morgan fingerprint density at radius 3 is 3.32 bits per heavy atom. The quantitative estimate of drug-likeness (QED) is 0.894. The Labute approximate surface area is 111 Å². The molecule has 3 rings (SSSR count). The van der Waals surface area contributed by atoms with Crippen molar-refractivity contribution in [2.45, 2.75) is 32.0 Å². The van der Waals surface area contributed by atoms with Crippen LogP contribution in [0, 0.1) is 11.3 Å². The molecule has 1 aromatic carbocycles. The fourth-order valence-electron chi connectivity index (χ4n) is 2.42. The first-order valence-electron chi connectivity index (χ1n) is 6.44. The Morgan fingerprint density at radius 2 is 2.42 bits per heavy atom. The standard InChI is InChI=1S/C14H15N5/c15-7-11-2-1-3-12(6-11)8-16-13-4-5-14-17-10-18-19(14)9-13/h1-3,6,10,13,16H,4-5,8-9H2. The molecule has 1 N–H and O–H groups in total. The lowest BCUT2D eigenvalue weighted by molar-refractivity contribution is 0.358. The monoisotopic (exact) mass is 253 g/mol. The van der Waals surface area contributed by atoms with Crippen LogP contribution in [0.2, 0.25) is 0 Å². The molecule has 1 aliphatic rings. The van der Waals surface area contributed by atoms with Crippen LogP contribution in [0.1, 0.15) is 23.4 Å². The second kappa shape index (κ2) is 5.21. The van der Waals surface area contributed by atoms with Gasteiger partial charge in [0.2, 0.25) is 0 Å². The lowest BCUT2D eigenvalue weighted by atomic mass is 10.1. The van der Waals surface area contributed by atoms with Gasteiger partial charge in [-0.1, -0.05) is 12.1 Å². The maximum atomic E-state index is 8.88. The maximum absolute atomic E-state index is 8.88. The molecule has 2 aromatic rings. The molecule has 0 amide bonds. The second-order valence-electron chi connectivity index (χ2n) is 4.79. The molecule has 0 radical (unpaired) electrons. The molecule has 96 valence electrons. The van der Waals surface area contributed by atoms with Crippen LogP contribution >= 0.6 is 0 Å². The van der Waals surface area contributed by atoms with Gasteiger partial charge in [0.25, 0.3) is 0 Å². The van der Waals surface area contributed by atoms with Crippen LogP contribution in [-0.4, -0.2) is 20.8 Å². The molecule has 5 heteroatoms. The average molecular weight is 253 g/mol. The lowest BCUT2D eigenvalue weighted by Gasteiger charge is -2.23. The lowest BCUT2D eigenvalue weighted by Crippen LogP contribution is -2.37.